The Morgan fingerprint density at radius 1 is 1.00 bits per heavy atom. The molecule has 0 saturated heterocycles. The minimum absolute atomic E-state index is 0.134. The molecule has 0 unspecified atom stereocenters. The van der Waals surface area contributed by atoms with Crippen molar-refractivity contribution in [2.75, 3.05) is 5.32 Å². The maximum atomic E-state index is 13.5. The smallest absolute Gasteiger partial charge is 0.128 e. The maximum absolute atomic E-state index is 13.5. The molecule has 0 atom stereocenters. The summed E-state index contributed by atoms with van der Waals surface area (Å²) in [5.74, 6) is 0.507. The molecule has 20 heavy (non-hydrogen) atoms. The molecule has 1 N–H and O–H groups in total. The molecule has 0 aromatic heterocycles. The van der Waals surface area contributed by atoms with Crippen molar-refractivity contribution < 1.29 is 4.39 Å². The molecule has 0 aliphatic heterocycles. The van der Waals surface area contributed by atoms with Crippen LogP contribution in [0.5, 0.6) is 0 Å². The number of nitrogens with one attached hydrogen (secondary N) is 1. The number of hydrogen-bond acceptors (Lipinski definition) is 1. The molecule has 2 aromatic rings. The number of aryl methyl sites for hydroxylation is 1. The van der Waals surface area contributed by atoms with E-state index in [2.05, 4.69) is 36.5 Å². The lowest BCUT2D eigenvalue weighted by Gasteiger charge is -2.38. The molecule has 1 aliphatic carbocycles. The van der Waals surface area contributed by atoms with Crippen molar-refractivity contribution in [1.29, 1.82) is 0 Å². The molecule has 3 rings (SSSR count). The van der Waals surface area contributed by atoms with Gasteiger partial charge in [0.25, 0.3) is 0 Å². The second-order valence-electron chi connectivity index (χ2n) is 5.78. The molecule has 0 heterocycles. The van der Waals surface area contributed by atoms with Gasteiger partial charge in [-0.15, -0.1) is 0 Å². The summed E-state index contributed by atoms with van der Waals surface area (Å²) < 4.78 is 13.5. The highest BCUT2D eigenvalue weighted by Crippen LogP contribution is 2.40. The van der Waals surface area contributed by atoms with Crippen molar-refractivity contribution >= 4 is 5.69 Å². The molecular formula is C18H20FN. The van der Waals surface area contributed by atoms with Crippen molar-refractivity contribution in [1.82, 2.24) is 0 Å². The van der Waals surface area contributed by atoms with Crippen LogP contribution in [0.2, 0.25) is 0 Å². The Kier molecular flexibility index (Phi) is 3.47. The van der Waals surface area contributed by atoms with Crippen molar-refractivity contribution in [2.45, 2.75) is 38.6 Å². The highest BCUT2D eigenvalue weighted by Gasteiger charge is 2.31. The van der Waals surface area contributed by atoms with Gasteiger partial charge in [-0.05, 0) is 55.9 Å². The van der Waals surface area contributed by atoms with E-state index >= 15 is 0 Å². The van der Waals surface area contributed by atoms with Crippen molar-refractivity contribution in [3.63, 3.8) is 0 Å². The van der Waals surface area contributed by atoms with E-state index in [1.165, 1.54) is 17.2 Å². The number of benzene rings is 2. The van der Waals surface area contributed by atoms with E-state index in [0.29, 0.717) is 17.5 Å². The Balaban J connectivity index is 1.64. The zero-order chi connectivity index (χ0) is 14.1. The number of hydrogen-bond donors (Lipinski definition) is 1. The SMILES string of the molecule is Cc1ccccc1C1CC(Nc2cccc(F)c2C)C1. The van der Waals surface area contributed by atoms with Crippen LogP contribution in [0.1, 0.15) is 35.4 Å². The van der Waals surface area contributed by atoms with Gasteiger partial charge in [0.05, 0.1) is 0 Å². The first-order valence-electron chi connectivity index (χ1n) is 7.22. The summed E-state index contributed by atoms with van der Waals surface area (Å²) >= 11 is 0. The van der Waals surface area contributed by atoms with E-state index in [4.69, 9.17) is 0 Å². The molecule has 0 amide bonds. The molecule has 0 spiro atoms. The van der Waals surface area contributed by atoms with Gasteiger partial charge in [-0.2, -0.15) is 0 Å². The van der Waals surface area contributed by atoms with Gasteiger partial charge < -0.3 is 5.32 Å². The van der Waals surface area contributed by atoms with E-state index in [0.717, 1.165) is 18.5 Å². The largest absolute Gasteiger partial charge is 0.382 e. The van der Waals surface area contributed by atoms with Crippen molar-refractivity contribution in [2.24, 2.45) is 0 Å². The van der Waals surface area contributed by atoms with Crippen LogP contribution in [0.15, 0.2) is 42.5 Å². The molecule has 104 valence electrons. The highest BCUT2D eigenvalue weighted by atomic mass is 19.1. The van der Waals surface area contributed by atoms with Gasteiger partial charge in [0.1, 0.15) is 5.82 Å². The van der Waals surface area contributed by atoms with Gasteiger partial charge >= 0.3 is 0 Å². The summed E-state index contributed by atoms with van der Waals surface area (Å²) in [5.41, 5.74) is 4.48. The third-order valence-electron chi connectivity index (χ3n) is 4.39. The average Bonchev–Trinajstić information content (AvgIpc) is 2.39. The van der Waals surface area contributed by atoms with Crippen LogP contribution >= 0.6 is 0 Å². The topological polar surface area (TPSA) is 12.0 Å². The molecule has 1 aliphatic rings. The molecule has 2 heteroatoms. The van der Waals surface area contributed by atoms with E-state index < -0.39 is 0 Å². The third kappa shape index (κ3) is 2.43. The summed E-state index contributed by atoms with van der Waals surface area (Å²) in [6.45, 7) is 4.00. The Hall–Kier alpha value is -1.83. The fourth-order valence-corrected chi connectivity index (χ4v) is 3.02. The van der Waals surface area contributed by atoms with E-state index in [-0.39, 0.29) is 5.82 Å². The number of halogens is 1. The zero-order valence-electron chi connectivity index (χ0n) is 12.0. The summed E-state index contributed by atoms with van der Waals surface area (Å²) in [7, 11) is 0. The Morgan fingerprint density at radius 3 is 2.50 bits per heavy atom. The zero-order valence-corrected chi connectivity index (χ0v) is 12.0. The molecule has 1 nitrogen and oxygen atoms in total. The summed E-state index contributed by atoms with van der Waals surface area (Å²) in [4.78, 5) is 0. The van der Waals surface area contributed by atoms with Crippen LogP contribution in [0.4, 0.5) is 10.1 Å². The number of rotatable bonds is 3. The van der Waals surface area contributed by atoms with E-state index in [9.17, 15) is 4.39 Å². The Labute approximate surface area is 119 Å². The third-order valence-corrected chi connectivity index (χ3v) is 4.39. The first-order chi connectivity index (χ1) is 9.65. The second kappa shape index (κ2) is 5.28. The van der Waals surface area contributed by atoms with Crippen LogP contribution in [-0.2, 0) is 0 Å². The minimum atomic E-state index is -0.134. The quantitative estimate of drug-likeness (QED) is 0.844. The Morgan fingerprint density at radius 2 is 1.75 bits per heavy atom. The average molecular weight is 269 g/mol. The monoisotopic (exact) mass is 269 g/mol. The van der Waals surface area contributed by atoms with Crippen LogP contribution < -0.4 is 5.32 Å². The van der Waals surface area contributed by atoms with Gasteiger partial charge in [-0.1, -0.05) is 30.3 Å². The fourth-order valence-electron chi connectivity index (χ4n) is 3.02. The summed E-state index contributed by atoms with van der Waals surface area (Å²) in [5, 5.41) is 3.47. The number of anilines is 1. The van der Waals surface area contributed by atoms with E-state index in [1.54, 1.807) is 6.07 Å². The first-order valence-corrected chi connectivity index (χ1v) is 7.22. The molecule has 0 radical (unpaired) electrons. The molecule has 1 fully saturated rings. The van der Waals surface area contributed by atoms with Gasteiger partial charge in [0, 0.05) is 17.3 Å². The van der Waals surface area contributed by atoms with Gasteiger partial charge in [-0.25, -0.2) is 4.39 Å². The molecular weight excluding hydrogens is 249 g/mol. The highest BCUT2D eigenvalue weighted by molar-refractivity contribution is 5.52. The molecule has 0 bridgehead atoms. The van der Waals surface area contributed by atoms with Crippen molar-refractivity contribution in [3.05, 3.63) is 65.0 Å². The van der Waals surface area contributed by atoms with Crippen LogP contribution in [-0.4, -0.2) is 6.04 Å². The van der Waals surface area contributed by atoms with Crippen LogP contribution in [0.3, 0.4) is 0 Å². The van der Waals surface area contributed by atoms with Crippen LogP contribution in [0, 0.1) is 19.7 Å². The maximum Gasteiger partial charge on any atom is 0.128 e. The second-order valence-corrected chi connectivity index (χ2v) is 5.78. The van der Waals surface area contributed by atoms with Crippen LogP contribution in [0.25, 0.3) is 0 Å². The lowest BCUT2D eigenvalue weighted by Crippen LogP contribution is -2.34. The lowest BCUT2D eigenvalue weighted by atomic mass is 9.74. The normalized spacial score (nSPS) is 21.4. The van der Waals surface area contributed by atoms with Gasteiger partial charge in [0.15, 0.2) is 0 Å². The fraction of sp³-hybridized carbons (Fsp3) is 0.333. The summed E-state index contributed by atoms with van der Waals surface area (Å²) in [6, 6.07) is 14.3. The van der Waals surface area contributed by atoms with Gasteiger partial charge in [-0.3, -0.25) is 0 Å². The standard InChI is InChI=1S/C18H20FN/c1-12-6-3-4-7-16(12)14-10-15(11-14)20-18-9-5-8-17(19)13(18)2/h3-9,14-15,20H,10-11H2,1-2H3. The predicted octanol–water partition coefficient (Wildman–Crippen LogP) is 4.80. The predicted molar refractivity (Wildman–Crippen MR) is 81.7 cm³/mol. The molecule has 1 saturated carbocycles. The molecule has 2 aromatic carbocycles. The van der Waals surface area contributed by atoms with Gasteiger partial charge in [0.2, 0.25) is 0 Å². The minimum Gasteiger partial charge on any atom is -0.382 e. The lowest BCUT2D eigenvalue weighted by molar-refractivity contribution is 0.372. The van der Waals surface area contributed by atoms with E-state index in [1.807, 2.05) is 13.0 Å². The first kappa shape index (κ1) is 13.2. The Bertz CT molecular complexity index is 615. The summed E-state index contributed by atoms with van der Waals surface area (Å²) in [6.07, 6.45) is 2.25. The van der Waals surface area contributed by atoms with Crippen molar-refractivity contribution in [3.8, 4) is 0 Å².